The standard InChI is InChI=1S/C18H29N3O5S/c1-5-19-10-12-20(13-11-19)18(22)8-9-21(27(4,23)24)16-14-15(25-2)6-7-17(16)26-3/h6-7,14H,5,8-13H2,1-4H3. The van der Waals surface area contributed by atoms with E-state index in [4.69, 9.17) is 9.47 Å². The Morgan fingerprint density at radius 3 is 2.33 bits per heavy atom. The second-order valence-electron chi connectivity index (χ2n) is 6.44. The summed E-state index contributed by atoms with van der Waals surface area (Å²) in [6, 6.07) is 4.95. The van der Waals surface area contributed by atoms with E-state index in [1.165, 1.54) is 18.5 Å². The Kier molecular flexibility index (Phi) is 7.32. The van der Waals surface area contributed by atoms with E-state index in [1.807, 2.05) is 0 Å². The zero-order chi connectivity index (χ0) is 20.0. The highest BCUT2D eigenvalue weighted by Crippen LogP contribution is 2.33. The minimum atomic E-state index is -3.60. The zero-order valence-electron chi connectivity index (χ0n) is 16.5. The maximum atomic E-state index is 12.6. The first-order valence-electron chi connectivity index (χ1n) is 9.00. The predicted octanol–water partition coefficient (Wildman–Crippen LogP) is 1.02. The summed E-state index contributed by atoms with van der Waals surface area (Å²) < 4.78 is 36.4. The molecule has 2 rings (SSSR count). The second kappa shape index (κ2) is 9.27. The molecule has 0 bridgehead atoms. The third kappa shape index (κ3) is 5.49. The number of likely N-dealkylation sites (N-methyl/N-ethyl adjacent to an activating group) is 1. The van der Waals surface area contributed by atoms with Crippen molar-refractivity contribution >= 4 is 21.6 Å². The average molecular weight is 400 g/mol. The molecule has 9 heteroatoms. The Morgan fingerprint density at radius 2 is 1.81 bits per heavy atom. The third-order valence-corrected chi connectivity index (χ3v) is 5.94. The van der Waals surface area contributed by atoms with Crippen LogP contribution >= 0.6 is 0 Å². The van der Waals surface area contributed by atoms with Crippen LogP contribution in [0.25, 0.3) is 0 Å². The molecule has 1 fully saturated rings. The van der Waals surface area contributed by atoms with Crippen molar-refractivity contribution in [2.24, 2.45) is 0 Å². The fourth-order valence-corrected chi connectivity index (χ4v) is 4.05. The average Bonchev–Trinajstić information content (AvgIpc) is 2.66. The van der Waals surface area contributed by atoms with Gasteiger partial charge in [-0.05, 0) is 18.7 Å². The van der Waals surface area contributed by atoms with E-state index in [9.17, 15) is 13.2 Å². The van der Waals surface area contributed by atoms with E-state index in [0.29, 0.717) is 30.3 Å². The normalized spacial score (nSPS) is 15.5. The van der Waals surface area contributed by atoms with Gasteiger partial charge < -0.3 is 19.3 Å². The van der Waals surface area contributed by atoms with Crippen LogP contribution in [-0.4, -0.2) is 83.9 Å². The summed E-state index contributed by atoms with van der Waals surface area (Å²) >= 11 is 0. The molecule has 0 N–H and O–H groups in total. The summed E-state index contributed by atoms with van der Waals surface area (Å²) in [5, 5.41) is 0. The van der Waals surface area contributed by atoms with Crippen molar-refractivity contribution in [3.63, 3.8) is 0 Å². The van der Waals surface area contributed by atoms with Crippen molar-refractivity contribution in [3.05, 3.63) is 18.2 Å². The summed E-state index contributed by atoms with van der Waals surface area (Å²) in [5.74, 6) is 0.882. The lowest BCUT2D eigenvalue weighted by atomic mass is 10.2. The van der Waals surface area contributed by atoms with Crippen LogP contribution in [0.15, 0.2) is 18.2 Å². The lowest BCUT2D eigenvalue weighted by Gasteiger charge is -2.34. The number of piperazine rings is 1. The smallest absolute Gasteiger partial charge is 0.232 e. The van der Waals surface area contributed by atoms with Crippen molar-refractivity contribution in [2.45, 2.75) is 13.3 Å². The van der Waals surface area contributed by atoms with Gasteiger partial charge in [-0.15, -0.1) is 0 Å². The molecule has 0 saturated carbocycles. The number of carbonyl (C=O) groups is 1. The molecule has 1 amide bonds. The van der Waals surface area contributed by atoms with Gasteiger partial charge in [-0.2, -0.15) is 0 Å². The van der Waals surface area contributed by atoms with Gasteiger partial charge in [0.2, 0.25) is 15.9 Å². The van der Waals surface area contributed by atoms with Crippen LogP contribution in [0.2, 0.25) is 0 Å². The monoisotopic (exact) mass is 399 g/mol. The Morgan fingerprint density at radius 1 is 1.15 bits per heavy atom. The molecule has 1 aliphatic rings. The summed E-state index contributed by atoms with van der Waals surface area (Å²) in [5.41, 5.74) is 0.364. The van der Waals surface area contributed by atoms with Gasteiger partial charge in [0.25, 0.3) is 0 Å². The van der Waals surface area contributed by atoms with E-state index >= 15 is 0 Å². The zero-order valence-corrected chi connectivity index (χ0v) is 17.3. The number of rotatable bonds is 8. The molecule has 27 heavy (non-hydrogen) atoms. The summed E-state index contributed by atoms with van der Waals surface area (Å²) in [6.07, 6.45) is 1.23. The first-order valence-corrected chi connectivity index (χ1v) is 10.8. The molecule has 1 saturated heterocycles. The van der Waals surface area contributed by atoms with Crippen LogP contribution in [-0.2, 0) is 14.8 Å². The summed E-state index contributed by atoms with van der Waals surface area (Å²) in [7, 11) is -0.610. The van der Waals surface area contributed by atoms with E-state index in [1.54, 1.807) is 23.1 Å². The van der Waals surface area contributed by atoms with Gasteiger partial charge in [-0.3, -0.25) is 9.10 Å². The highest BCUT2D eigenvalue weighted by Gasteiger charge is 2.25. The van der Waals surface area contributed by atoms with Crippen LogP contribution < -0.4 is 13.8 Å². The van der Waals surface area contributed by atoms with Crippen molar-refractivity contribution in [3.8, 4) is 11.5 Å². The molecule has 1 aromatic carbocycles. The molecule has 0 radical (unpaired) electrons. The Balaban J connectivity index is 2.14. The van der Waals surface area contributed by atoms with Crippen molar-refractivity contribution in [1.82, 2.24) is 9.80 Å². The fourth-order valence-electron chi connectivity index (χ4n) is 3.13. The summed E-state index contributed by atoms with van der Waals surface area (Å²) in [4.78, 5) is 16.6. The number of ether oxygens (including phenoxy) is 2. The number of anilines is 1. The molecule has 0 unspecified atom stereocenters. The van der Waals surface area contributed by atoms with Crippen LogP contribution in [0, 0.1) is 0 Å². The molecular weight excluding hydrogens is 370 g/mol. The van der Waals surface area contributed by atoms with E-state index in [-0.39, 0.29) is 18.9 Å². The van der Waals surface area contributed by atoms with Crippen LogP contribution in [0.5, 0.6) is 11.5 Å². The third-order valence-electron chi connectivity index (χ3n) is 4.76. The van der Waals surface area contributed by atoms with E-state index in [2.05, 4.69) is 11.8 Å². The fraction of sp³-hybridized carbons (Fsp3) is 0.611. The molecule has 0 aromatic heterocycles. The molecule has 1 aliphatic heterocycles. The van der Waals surface area contributed by atoms with Gasteiger partial charge in [0.15, 0.2) is 0 Å². The van der Waals surface area contributed by atoms with E-state index in [0.717, 1.165) is 25.9 Å². The minimum absolute atomic E-state index is 0.0405. The van der Waals surface area contributed by atoms with Gasteiger partial charge in [-0.1, -0.05) is 6.92 Å². The lowest BCUT2D eigenvalue weighted by molar-refractivity contribution is -0.132. The minimum Gasteiger partial charge on any atom is -0.497 e. The number of hydrogen-bond acceptors (Lipinski definition) is 6. The van der Waals surface area contributed by atoms with Crippen LogP contribution in [0.3, 0.4) is 0 Å². The predicted molar refractivity (Wildman–Crippen MR) is 105 cm³/mol. The molecule has 152 valence electrons. The molecule has 0 aliphatic carbocycles. The van der Waals surface area contributed by atoms with Crippen molar-refractivity contribution in [1.29, 1.82) is 0 Å². The molecular formula is C18H29N3O5S. The Bertz CT molecular complexity index is 745. The maximum Gasteiger partial charge on any atom is 0.232 e. The number of benzene rings is 1. The number of sulfonamides is 1. The molecule has 0 spiro atoms. The first kappa shape index (κ1) is 21.3. The molecule has 1 heterocycles. The highest BCUT2D eigenvalue weighted by atomic mass is 32.2. The highest BCUT2D eigenvalue weighted by molar-refractivity contribution is 7.92. The van der Waals surface area contributed by atoms with Gasteiger partial charge >= 0.3 is 0 Å². The maximum absolute atomic E-state index is 12.6. The number of methoxy groups -OCH3 is 2. The number of nitrogens with zero attached hydrogens (tertiary/aromatic N) is 3. The first-order chi connectivity index (χ1) is 12.8. The van der Waals surface area contributed by atoms with Crippen LogP contribution in [0.4, 0.5) is 5.69 Å². The van der Waals surface area contributed by atoms with Gasteiger partial charge in [0.05, 0.1) is 26.2 Å². The van der Waals surface area contributed by atoms with E-state index < -0.39 is 10.0 Å². The Hall–Kier alpha value is -2.00. The number of amides is 1. The molecule has 0 atom stereocenters. The van der Waals surface area contributed by atoms with Crippen LogP contribution in [0.1, 0.15) is 13.3 Å². The Labute approximate surface area is 161 Å². The topological polar surface area (TPSA) is 79.4 Å². The quantitative estimate of drug-likeness (QED) is 0.650. The number of carbonyl (C=O) groups excluding carboxylic acids is 1. The van der Waals surface area contributed by atoms with Gasteiger partial charge in [0, 0.05) is 45.2 Å². The number of hydrogen-bond donors (Lipinski definition) is 0. The lowest BCUT2D eigenvalue weighted by Crippen LogP contribution is -2.49. The van der Waals surface area contributed by atoms with Crippen molar-refractivity contribution in [2.75, 3.05) is 64.0 Å². The summed E-state index contributed by atoms with van der Waals surface area (Å²) in [6.45, 7) is 6.17. The second-order valence-corrected chi connectivity index (χ2v) is 8.34. The SMILES string of the molecule is CCN1CCN(C(=O)CCN(c2cc(OC)ccc2OC)S(C)(=O)=O)CC1. The van der Waals surface area contributed by atoms with Crippen molar-refractivity contribution < 1.29 is 22.7 Å². The largest absolute Gasteiger partial charge is 0.497 e. The van der Waals surface area contributed by atoms with Gasteiger partial charge in [-0.25, -0.2) is 8.42 Å². The molecule has 1 aromatic rings. The molecule has 8 nitrogen and oxygen atoms in total. The van der Waals surface area contributed by atoms with Gasteiger partial charge in [0.1, 0.15) is 11.5 Å².